The molecule has 0 radical (unpaired) electrons. The van der Waals surface area contributed by atoms with Crippen LogP contribution >= 0.6 is 38.5 Å². The minimum absolute atomic E-state index is 0.109. The number of halogens is 2. The highest BCUT2D eigenvalue weighted by Gasteiger charge is 2.06. The molecule has 1 aromatic carbocycles. The second-order valence-electron chi connectivity index (χ2n) is 3.73. The molecule has 0 aliphatic rings. The average molecular weight is 434 g/mol. The summed E-state index contributed by atoms with van der Waals surface area (Å²) in [6.07, 6.45) is 1.54. The molecule has 0 aliphatic carbocycles. The monoisotopic (exact) mass is 433 g/mol. The topological polar surface area (TPSA) is 64.0 Å². The zero-order chi connectivity index (χ0) is 13.8. The minimum atomic E-state index is -0.297. The van der Waals surface area contributed by atoms with Crippen LogP contribution in [-0.4, -0.2) is 15.7 Å². The van der Waals surface area contributed by atoms with Crippen molar-refractivity contribution in [2.24, 2.45) is 0 Å². The highest BCUT2D eigenvalue weighted by Crippen LogP contribution is 2.15. The SMILES string of the molecule is O=C(Cn1ncc(I)cc1=O)Nc1cccc(Br)c1. The first-order valence-electron chi connectivity index (χ1n) is 5.33. The van der Waals surface area contributed by atoms with Crippen molar-refractivity contribution in [1.29, 1.82) is 0 Å². The van der Waals surface area contributed by atoms with E-state index in [0.29, 0.717) is 5.69 Å². The predicted octanol–water partition coefficient (Wildman–Crippen LogP) is 2.25. The Kier molecular flexibility index (Phi) is 4.70. The van der Waals surface area contributed by atoms with E-state index in [4.69, 9.17) is 0 Å². The van der Waals surface area contributed by atoms with Crippen molar-refractivity contribution in [1.82, 2.24) is 9.78 Å². The fourth-order valence-electron chi connectivity index (χ4n) is 1.43. The summed E-state index contributed by atoms with van der Waals surface area (Å²) < 4.78 is 2.73. The van der Waals surface area contributed by atoms with Crippen LogP contribution in [0.5, 0.6) is 0 Å². The van der Waals surface area contributed by atoms with Crippen LogP contribution < -0.4 is 10.9 Å². The zero-order valence-electron chi connectivity index (χ0n) is 9.64. The molecule has 0 bridgehead atoms. The fourth-order valence-corrected chi connectivity index (χ4v) is 2.22. The largest absolute Gasteiger partial charge is 0.324 e. The summed E-state index contributed by atoms with van der Waals surface area (Å²) in [6, 6.07) is 8.66. The van der Waals surface area contributed by atoms with Crippen molar-refractivity contribution < 1.29 is 4.79 Å². The van der Waals surface area contributed by atoms with Gasteiger partial charge in [-0.3, -0.25) is 9.59 Å². The van der Waals surface area contributed by atoms with Crippen molar-refractivity contribution in [3.63, 3.8) is 0 Å². The first-order valence-corrected chi connectivity index (χ1v) is 7.20. The van der Waals surface area contributed by atoms with Crippen LogP contribution in [0, 0.1) is 3.57 Å². The molecule has 0 saturated heterocycles. The Hall–Kier alpha value is -1.22. The van der Waals surface area contributed by atoms with Crippen molar-refractivity contribution in [2.75, 3.05) is 5.32 Å². The van der Waals surface area contributed by atoms with Gasteiger partial charge in [0.1, 0.15) is 6.54 Å². The molecule has 0 unspecified atom stereocenters. The number of anilines is 1. The molecular formula is C12H9BrIN3O2. The summed E-state index contributed by atoms with van der Waals surface area (Å²) in [6.45, 7) is -0.109. The third-order valence-corrected chi connectivity index (χ3v) is 3.32. The quantitative estimate of drug-likeness (QED) is 0.755. The maximum atomic E-state index is 11.8. The van der Waals surface area contributed by atoms with E-state index in [1.165, 1.54) is 12.3 Å². The Morgan fingerprint density at radius 1 is 1.42 bits per heavy atom. The second kappa shape index (κ2) is 6.29. The van der Waals surface area contributed by atoms with E-state index >= 15 is 0 Å². The van der Waals surface area contributed by atoms with E-state index < -0.39 is 0 Å². The molecule has 0 fully saturated rings. The van der Waals surface area contributed by atoms with Crippen LogP contribution in [0.15, 0.2) is 45.8 Å². The number of nitrogens with one attached hydrogen (secondary N) is 1. The molecule has 0 aliphatic heterocycles. The van der Waals surface area contributed by atoms with E-state index in [9.17, 15) is 9.59 Å². The number of aromatic nitrogens is 2. The normalized spacial score (nSPS) is 10.2. The summed E-state index contributed by atoms with van der Waals surface area (Å²) in [4.78, 5) is 23.4. The van der Waals surface area contributed by atoms with E-state index in [-0.39, 0.29) is 18.0 Å². The molecule has 1 amide bonds. The Bertz CT molecular complexity index is 672. The van der Waals surface area contributed by atoms with Crippen molar-refractivity contribution in [3.05, 3.63) is 54.9 Å². The molecule has 2 rings (SSSR count). The van der Waals surface area contributed by atoms with Gasteiger partial charge in [0.15, 0.2) is 0 Å². The van der Waals surface area contributed by atoms with Crippen LogP contribution in [0.1, 0.15) is 0 Å². The first-order chi connectivity index (χ1) is 9.04. The zero-order valence-corrected chi connectivity index (χ0v) is 13.4. The van der Waals surface area contributed by atoms with Crippen LogP contribution in [0.25, 0.3) is 0 Å². The van der Waals surface area contributed by atoms with Crippen LogP contribution in [0.3, 0.4) is 0 Å². The van der Waals surface area contributed by atoms with Gasteiger partial charge in [-0.25, -0.2) is 4.68 Å². The van der Waals surface area contributed by atoms with Crippen molar-refractivity contribution >= 4 is 50.1 Å². The number of benzene rings is 1. The molecule has 7 heteroatoms. The van der Waals surface area contributed by atoms with E-state index in [1.807, 2.05) is 34.7 Å². The standard InChI is InChI=1S/C12H9BrIN3O2/c13-8-2-1-3-10(4-8)16-11(18)7-17-12(19)5-9(14)6-15-17/h1-6H,7H2,(H,16,18). The third kappa shape index (κ3) is 4.13. The Morgan fingerprint density at radius 2 is 2.21 bits per heavy atom. The Balaban J connectivity index is 2.07. The van der Waals surface area contributed by atoms with Crippen LogP contribution in [-0.2, 0) is 11.3 Å². The molecule has 5 nitrogen and oxygen atoms in total. The maximum Gasteiger partial charge on any atom is 0.268 e. The number of carbonyl (C=O) groups is 1. The van der Waals surface area contributed by atoms with Gasteiger partial charge in [0.2, 0.25) is 5.91 Å². The highest BCUT2D eigenvalue weighted by atomic mass is 127. The number of amides is 1. The molecule has 1 aromatic heterocycles. The fraction of sp³-hybridized carbons (Fsp3) is 0.0833. The molecule has 2 aromatic rings. The molecule has 0 spiro atoms. The smallest absolute Gasteiger partial charge is 0.268 e. The average Bonchev–Trinajstić information content (AvgIpc) is 2.33. The Morgan fingerprint density at radius 3 is 2.89 bits per heavy atom. The van der Waals surface area contributed by atoms with E-state index in [2.05, 4.69) is 26.3 Å². The van der Waals surface area contributed by atoms with Crippen LogP contribution in [0.4, 0.5) is 5.69 Å². The number of rotatable bonds is 3. The van der Waals surface area contributed by atoms with Gasteiger partial charge in [0.05, 0.1) is 6.20 Å². The summed E-state index contributed by atoms with van der Waals surface area (Å²) >= 11 is 5.32. The highest BCUT2D eigenvalue weighted by molar-refractivity contribution is 14.1. The number of hydrogen-bond acceptors (Lipinski definition) is 3. The summed E-state index contributed by atoms with van der Waals surface area (Å²) in [5.41, 5.74) is 0.370. The Labute approximate surface area is 131 Å². The lowest BCUT2D eigenvalue weighted by atomic mass is 10.3. The first kappa shape index (κ1) is 14.2. The summed E-state index contributed by atoms with van der Waals surface area (Å²) in [5.74, 6) is -0.297. The van der Waals surface area contributed by atoms with E-state index in [0.717, 1.165) is 12.7 Å². The molecule has 0 saturated carbocycles. The third-order valence-electron chi connectivity index (χ3n) is 2.24. The van der Waals surface area contributed by atoms with Gasteiger partial charge < -0.3 is 5.32 Å². The lowest BCUT2D eigenvalue weighted by Gasteiger charge is -2.06. The predicted molar refractivity (Wildman–Crippen MR) is 84.0 cm³/mol. The van der Waals surface area contributed by atoms with Gasteiger partial charge in [-0.15, -0.1) is 0 Å². The van der Waals surface area contributed by atoms with Gasteiger partial charge in [-0.05, 0) is 40.8 Å². The van der Waals surface area contributed by atoms with Gasteiger partial charge in [0, 0.05) is 19.8 Å². The molecular weight excluding hydrogens is 425 g/mol. The lowest BCUT2D eigenvalue weighted by Crippen LogP contribution is -2.29. The minimum Gasteiger partial charge on any atom is -0.324 e. The molecule has 1 heterocycles. The summed E-state index contributed by atoms with van der Waals surface area (Å²) in [5, 5.41) is 6.61. The van der Waals surface area contributed by atoms with Gasteiger partial charge >= 0.3 is 0 Å². The number of nitrogens with zero attached hydrogens (tertiary/aromatic N) is 2. The summed E-state index contributed by atoms with van der Waals surface area (Å²) in [7, 11) is 0. The number of hydrogen-bond donors (Lipinski definition) is 1. The van der Waals surface area contributed by atoms with Gasteiger partial charge in [-0.1, -0.05) is 22.0 Å². The number of carbonyl (C=O) groups excluding carboxylic acids is 1. The van der Waals surface area contributed by atoms with Gasteiger partial charge in [-0.2, -0.15) is 5.10 Å². The second-order valence-corrected chi connectivity index (χ2v) is 5.89. The molecule has 98 valence electrons. The molecule has 0 atom stereocenters. The van der Waals surface area contributed by atoms with Crippen molar-refractivity contribution in [3.8, 4) is 0 Å². The van der Waals surface area contributed by atoms with Crippen molar-refractivity contribution in [2.45, 2.75) is 6.54 Å². The molecule has 1 N–H and O–H groups in total. The molecule has 19 heavy (non-hydrogen) atoms. The lowest BCUT2D eigenvalue weighted by molar-refractivity contribution is -0.117. The van der Waals surface area contributed by atoms with Crippen LogP contribution in [0.2, 0.25) is 0 Å². The van der Waals surface area contributed by atoms with Gasteiger partial charge in [0.25, 0.3) is 5.56 Å². The van der Waals surface area contributed by atoms with E-state index in [1.54, 1.807) is 12.1 Å². The maximum absolute atomic E-state index is 11.8.